The Balaban J connectivity index is 3.03. The minimum absolute atomic E-state index is 0.0951. The van der Waals surface area contributed by atoms with Crippen molar-refractivity contribution in [2.45, 2.75) is 26.8 Å². The standard InChI is InChI=1S/C15H19ClN2O4/c1-9-4-5-12(16)8-13(9)14(20)18(10(2)15(21)22)7-6-17-11(3)19/h4-5,8,10H,6-7H2,1-3H3,(H,17,19)(H,21,22). The smallest absolute Gasteiger partial charge is 0.326 e. The van der Waals surface area contributed by atoms with Gasteiger partial charge in [0, 0.05) is 30.6 Å². The summed E-state index contributed by atoms with van der Waals surface area (Å²) in [5.74, 6) is -1.79. The molecule has 0 heterocycles. The van der Waals surface area contributed by atoms with Crippen molar-refractivity contribution >= 4 is 29.4 Å². The Labute approximate surface area is 134 Å². The van der Waals surface area contributed by atoms with Gasteiger partial charge in [-0.05, 0) is 31.5 Å². The number of carboxylic acids is 1. The minimum Gasteiger partial charge on any atom is -0.480 e. The molecule has 120 valence electrons. The third-order valence-electron chi connectivity index (χ3n) is 3.24. The van der Waals surface area contributed by atoms with Gasteiger partial charge < -0.3 is 15.3 Å². The average molecular weight is 327 g/mol. The van der Waals surface area contributed by atoms with E-state index in [1.165, 1.54) is 24.8 Å². The van der Waals surface area contributed by atoms with Crippen LogP contribution in [0.4, 0.5) is 0 Å². The van der Waals surface area contributed by atoms with Crippen molar-refractivity contribution in [2.75, 3.05) is 13.1 Å². The predicted molar refractivity (Wildman–Crippen MR) is 83.0 cm³/mol. The summed E-state index contributed by atoms with van der Waals surface area (Å²) in [5, 5.41) is 12.1. The van der Waals surface area contributed by atoms with E-state index in [0.717, 1.165) is 0 Å². The zero-order chi connectivity index (χ0) is 16.9. The van der Waals surface area contributed by atoms with Crippen molar-refractivity contribution in [2.24, 2.45) is 0 Å². The number of carbonyl (C=O) groups is 3. The fourth-order valence-corrected chi connectivity index (χ4v) is 2.11. The first-order chi connectivity index (χ1) is 10.2. The Hall–Kier alpha value is -2.08. The molecule has 0 spiro atoms. The van der Waals surface area contributed by atoms with Crippen LogP contribution in [-0.2, 0) is 9.59 Å². The van der Waals surface area contributed by atoms with Gasteiger partial charge in [0.1, 0.15) is 6.04 Å². The highest BCUT2D eigenvalue weighted by Crippen LogP contribution is 2.18. The van der Waals surface area contributed by atoms with Gasteiger partial charge in [-0.1, -0.05) is 17.7 Å². The van der Waals surface area contributed by atoms with E-state index in [-0.39, 0.29) is 19.0 Å². The number of nitrogens with zero attached hydrogens (tertiary/aromatic N) is 1. The van der Waals surface area contributed by atoms with E-state index >= 15 is 0 Å². The number of carboxylic acid groups (broad SMARTS) is 1. The highest BCUT2D eigenvalue weighted by molar-refractivity contribution is 6.31. The van der Waals surface area contributed by atoms with Crippen molar-refractivity contribution in [1.82, 2.24) is 10.2 Å². The molecule has 2 amide bonds. The van der Waals surface area contributed by atoms with E-state index in [9.17, 15) is 19.5 Å². The van der Waals surface area contributed by atoms with Crippen molar-refractivity contribution in [1.29, 1.82) is 0 Å². The Morgan fingerprint density at radius 2 is 2.00 bits per heavy atom. The molecule has 0 aliphatic rings. The van der Waals surface area contributed by atoms with Crippen molar-refractivity contribution in [3.05, 3.63) is 34.3 Å². The van der Waals surface area contributed by atoms with Crippen LogP contribution in [-0.4, -0.2) is 46.9 Å². The van der Waals surface area contributed by atoms with Gasteiger partial charge in [-0.15, -0.1) is 0 Å². The molecule has 0 aromatic heterocycles. The second kappa shape index (κ2) is 7.79. The van der Waals surface area contributed by atoms with Gasteiger partial charge in [-0.2, -0.15) is 0 Å². The van der Waals surface area contributed by atoms with Crippen LogP contribution >= 0.6 is 11.6 Å². The summed E-state index contributed by atoms with van der Waals surface area (Å²) in [4.78, 5) is 36.0. The molecule has 0 fully saturated rings. The Morgan fingerprint density at radius 3 is 2.55 bits per heavy atom. The first-order valence-corrected chi connectivity index (χ1v) is 7.16. The van der Waals surface area contributed by atoms with Gasteiger partial charge in [0.2, 0.25) is 5.91 Å². The molecule has 1 aromatic rings. The lowest BCUT2D eigenvalue weighted by molar-refractivity contribution is -0.141. The molecule has 1 rings (SSSR count). The highest BCUT2D eigenvalue weighted by atomic mass is 35.5. The van der Waals surface area contributed by atoms with E-state index < -0.39 is 17.9 Å². The molecule has 0 saturated carbocycles. The first-order valence-electron chi connectivity index (χ1n) is 6.78. The monoisotopic (exact) mass is 326 g/mol. The summed E-state index contributed by atoms with van der Waals surface area (Å²) in [5.41, 5.74) is 1.06. The number of hydrogen-bond acceptors (Lipinski definition) is 3. The van der Waals surface area contributed by atoms with Crippen molar-refractivity contribution < 1.29 is 19.5 Å². The second-order valence-corrected chi connectivity index (χ2v) is 5.39. The fraction of sp³-hybridized carbons (Fsp3) is 0.400. The molecule has 7 heteroatoms. The number of aryl methyl sites for hydroxylation is 1. The van der Waals surface area contributed by atoms with Crippen LogP contribution in [0.15, 0.2) is 18.2 Å². The Morgan fingerprint density at radius 1 is 1.36 bits per heavy atom. The van der Waals surface area contributed by atoms with Gasteiger partial charge in [0.25, 0.3) is 5.91 Å². The fourth-order valence-electron chi connectivity index (χ4n) is 1.94. The van der Waals surface area contributed by atoms with Crippen LogP contribution in [0.5, 0.6) is 0 Å². The molecule has 1 atom stereocenters. The number of halogens is 1. The molecule has 0 aliphatic heterocycles. The molecular formula is C15H19ClN2O4. The van der Waals surface area contributed by atoms with E-state index in [1.807, 2.05) is 0 Å². The predicted octanol–water partition coefficient (Wildman–Crippen LogP) is 1.70. The van der Waals surface area contributed by atoms with Crippen molar-refractivity contribution in [3.8, 4) is 0 Å². The molecule has 1 aromatic carbocycles. The molecule has 6 nitrogen and oxygen atoms in total. The van der Waals surface area contributed by atoms with Crippen LogP contribution < -0.4 is 5.32 Å². The van der Waals surface area contributed by atoms with E-state index in [0.29, 0.717) is 16.1 Å². The minimum atomic E-state index is -1.11. The third kappa shape index (κ3) is 4.73. The quantitative estimate of drug-likeness (QED) is 0.833. The number of aliphatic carboxylic acids is 1. The normalized spacial score (nSPS) is 11.6. The summed E-state index contributed by atoms with van der Waals surface area (Å²) in [7, 11) is 0. The molecular weight excluding hydrogens is 308 g/mol. The lowest BCUT2D eigenvalue weighted by Crippen LogP contribution is -2.46. The van der Waals surface area contributed by atoms with Crippen LogP contribution in [0.2, 0.25) is 5.02 Å². The first kappa shape index (κ1) is 18.0. The molecule has 0 radical (unpaired) electrons. The van der Waals surface area contributed by atoms with Crippen LogP contribution in [0.25, 0.3) is 0 Å². The SMILES string of the molecule is CC(=O)NCCN(C(=O)c1cc(Cl)ccc1C)C(C)C(=O)O. The summed E-state index contributed by atoms with van der Waals surface area (Å²) in [6, 6.07) is 3.86. The number of nitrogens with one attached hydrogen (secondary N) is 1. The summed E-state index contributed by atoms with van der Waals surface area (Å²) in [6.07, 6.45) is 0. The summed E-state index contributed by atoms with van der Waals surface area (Å²) >= 11 is 5.91. The number of rotatable bonds is 6. The Bertz CT molecular complexity index is 589. The number of benzene rings is 1. The van der Waals surface area contributed by atoms with E-state index in [2.05, 4.69) is 5.32 Å². The number of carbonyl (C=O) groups excluding carboxylic acids is 2. The molecule has 1 unspecified atom stereocenters. The molecule has 0 saturated heterocycles. The Kier molecular flexibility index (Phi) is 6.37. The number of hydrogen-bond donors (Lipinski definition) is 2. The zero-order valence-corrected chi connectivity index (χ0v) is 13.5. The molecule has 2 N–H and O–H groups in total. The summed E-state index contributed by atoms with van der Waals surface area (Å²) in [6.45, 7) is 4.80. The van der Waals surface area contributed by atoms with Gasteiger partial charge >= 0.3 is 5.97 Å². The van der Waals surface area contributed by atoms with Gasteiger partial charge in [0.05, 0.1) is 0 Å². The van der Waals surface area contributed by atoms with Crippen LogP contribution in [0.1, 0.15) is 29.8 Å². The molecule has 0 bridgehead atoms. The van der Waals surface area contributed by atoms with Gasteiger partial charge in [0.15, 0.2) is 0 Å². The van der Waals surface area contributed by atoms with E-state index in [1.54, 1.807) is 19.1 Å². The third-order valence-corrected chi connectivity index (χ3v) is 3.48. The molecule has 22 heavy (non-hydrogen) atoms. The summed E-state index contributed by atoms with van der Waals surface area (Å²) < 4.78 is 0. The zero-order valence-electron chi connectivity index (χ0n) is 12.7. The maximum atomic E-state index is 12.6. The second-order valence-electron chi connectivity index (χ2n) is 4.95. The lowest BCUT2D eigenvalue weighted by atomic mass is 10.1. The van der Waals surface area contributed by atoms with Crippen LogP contribution in [0, 0.1) is 6.92 Å². The van der Waals surface area contributed by atoms with Crippen LogP contribution in [0.3, 0.4) is 0 Å². The number of amides is 2. The van der Waals surface area contributed by atoms with Gasteiger partial charge in [-0.25, -0.2) is 4.79 Å². The maximum Gasteiger partial charge on any atom is 0.326 e. The molecule has 0 aliphatic carbocycles. The highest BCUT2D eigenvalue weighted by Gasteiger charge is 2.27. The van der Waals surface area contributed by atoms with Crippen molar-refractivity contribution in [3.63, 3.8) is 0 Å². The largest absolute Gasteiger partial charge is 0.480 e. The topological polar surface area (TPSA) is 86.7 Å². The lowest BCUT2D eigenvalue weighted by Gasteiger charge is -2.27. The average Bonchev–Trinajstić information content (AvgIpc) is 2.44. The van der Waals surface area contributed by atoms with Gasteiger partial charge in [-0.3, -0.25) is 9.59 Å². The maximum absolute atomic E-state index is 12.6. The van der Waals surface area contributed by atoms with E-state index in [4.69, 9.17) is 11.6 Å².